The Balaban J connectivity index is 2.53. The number of aromatic amines is 1. The van der Waals surface area contributed by atoms with Crippen LogP contribution in [-0.4, -0.2) is 41.1 Å². The second-order valence-corrected chi connectivity index (χ2v) is 3.51. The lowest BCUT2D eigenvalue weighted by Gasteiger charge is -2.19. The molecule has 1 unspecified atom stereocenters. The fourth-order valence-electron chi connectivity index (χ4n) is 1.21. The summed E-state index contributed by atoms with van der Waals surface area (Å²) in [6.45, 7) is 3.27. The Hall–Kier alpha value is -1.36. The largest absolute Gasteiger partial charge is 0.341 e. The van der Waals surface area contributed by atoms with Crippen LogP contribution in [0, 0.1) is 5.92 Å². The molecule has 0 saturated heterocycles. The van der Waals surface area contributed by atoms with Gasteiger partial charge in [-0.15, -0.1) is 0 Å². The molecule has 1 amide bonds. The minimum Gasteiger partial charge on any atom is -0.341 e. The maximum absolute atomic E-state index is 11.7. The van der Waals surface area contributed by atoms with Crippen LogP contribution < -0.4 is 5.73 Å². The Morgan fingerprint density at radius 1 is 1.79 bits per heavy atom. The van der Waals surface area contributed by atoms with Crippen molar-refractivity contribution in [3.63, 3.8) is 0 Å². The van der Waals surface area contributed by atoms with Crippen LogP contribution in [0.4, 0.5) is 0 Å². The van der Waals surface area contributed by atoms with Crippen molar-refractivity contribution >= 4 is 5.91 Å². The third kappa shape index (κ3) is 2.56. The fourth-order valence-corrected chi connectivity index (χ4v) is 1.21. The van der Waals surface area contributed by atoms with E-state index >= 15 is 0 Å². The summed E-state index contributed by atoms with van der Waals surface area (Å²) in [6.07, 6.45) is 3.11. The van der Waals surface area contributed by atoms with Gasteiger partial charge in [-0.2, -0.15) is 5.10 Å². The molecule has 0 fully saturated rings. The van der Waals surface area contributed by atoms with E-state index in [0.29, 0.717) is 24.6 Å². The number of nitrogens with two attached hydrogens (primary N) is 1. The molecule has 5 nitrogen and oxygen atoms in total. The second-order valence-electron chi connectivity index (χ2n) is 3.51. The molecule has 1 rings (SSSR count). The van der Waals surface area contributed by atoms with Crippen molar-refractivity contribution in [3.05, 3.63) is 18.0 Å². The van der Waals surface area contributed by atoms with Gasteiger partial charge < -0.3 is 10.6 Å². The van der Waals surface area contributed by atoms with Crippen LogP contribution >= 0.6 is 0 Å². The molecule has 3 N–H and O–H groups in total. The average molecular weight is 196 g/mol. The zero-order valence-electron chi connectivity index (χ0n) is 8.53. The Morgan fingerprint density at radius 2 is 2.50 bits per heavy atom. The van der Waals surface area contributed by atoms with Gasteiger partial charge in [0.25, 0.3) is 5.91 Å². The van der Waals surface area contributed by atoms with Gasteiger partial charge in [-0.05, 0) is 12.5 Å². The minimum absolute atomic E-state index is 0.0287. The van der Waals surface area contributed by atoms with E-state index in [2.05, 4.69) is 10.2 Å². The number of hydrogen-bond donors (Lipinski definition) is 2. The van der Waals surface area contributed by atoms with E-state index in [1.54, 1.807) is 18.1 Å². The molecule has 1 heterocycles. The second kappa shape index (κ2) is 4.76. The molecular formula is C9H16N4O. The van der Waals surface area contributed by atoms with Crippen LogP contribution in [0.3, 0.4) is 0 Å². The maximum Gasteiger partial charge on any atom is 0.256 e. The first-order chi connectivity index (χ1) is 6.65. The van der Waals surface area contributed by atoms with E-state index in [0.717, 1.165) is 0 Å². The Labute approximate surface area is 83.3 Å². The highest BCUT2D eigenvalue weighted by atomic mass is 16.2. The molecule has 78 valence electrons. The van der Waals surface area contributed by atoms with Crippen molar-refractivity contribution in [3.8, 4) is 0 Å². The van der Waals surface area contributed by atoms with E-state index in [9.17, 15) is 4.79 Å². The summed E-state index contributed by atoms with van der Waals surface area (Å²) in [7, 11) is 1.77. The maximum atomic E-state index is 11.7. The van der Waals surface area contributed by atoms with Gasteiger partial charge in [-0.1, -0.05) is 6.92 Å². The van der Waals surface area contributed by atoms with Crippen molar-refractivity contribution in [1.82, 2.24) is 15.1 Å². The van der Waals surface area contributed by atoms with Crippen molar-refractivity contribution in [1.29, 1.82) is 0 Å². The van der Waals surface area contributed by atoms with Gasteiger partial charge in [0.15, 0.2) is 0 Å². The molecule has 0 aliphatic carbocycles. The predicted octanol–water partition coefficient (Wildman–Crippen LogP) is 0.0765. The topological polar surface area (TPSA) is 75.0 Å². The molecule has 0 aromatic carbocycles. The Morgan fingerprint density at radius 3 is 3.00 bits per heavy atom. The summed E-state index contributed by atoms with van der Waals surface area (Å²) in [5.74, 6) is 0.287. The molecule has 1 aromatic heterocycles. The van der Waals surface area contributed by atoms with Gasteiger partial charge in [0.2, 0.25) is 0 Å². The normalized spacial score (nSPS) is 12.5. The Bertz CT molecular complexity index is 283. The van der Waals surface area contributed by atoms with Crippen LogP contribution in [0.15, 0.2) is 12.4 Å². The van der Waals surface area contributed by atoms with E-state index < -0.39 is 0 Å². The molecule has 14 heavy (non-hydrogen) atoms. The number of carbonyl (C=O) groups excluding carboxylic acids is 1. The number of H-pyrrole nitrogens is 1. The zero-order chi connectivity index (χ0) is 10.6. The fraction of sp³-hybridized carbons (Fsp3) is 0.556. The van der Waals surface area contributed by atoms with Gasteiger partial charge >= 0.3 is 0 Å². The van der Waals surface area contributed by atoms with Gasteiger partial charge in [0, 0.05) is 19.8 Å². The first-order valence-electron chi connectivity index (χ1n) is 4.59. The first-order valence-corrected chi connectivity index (χ1v) is 4.59. The third-order valence-corrected chi connectivity index (χ3v) is 2.08. The number of rotatable bonds is 4. The summed E-state index contributed by atoms with van der Waals surface area (Å²) in [5, 5.41) is 6.34. The summed E-state index contributed by atoms with van der Waals surface area (Å²) in [6, 6.07) is 0. The van der Waals surface area contributed by atoms with Gasteiger partial charge in [-0.3, -0.25) is 9.89 Å². The Kier molecular flexibility index (Phi) is 3.64. The molecule has 0 aliphatic rings. The van der Waals surface area contributed by atoms with Gasteiger partial charge in [-0.25, -0.2) is 0 Å². The third-order valence-electron chi connectivity index (χ3n) is 2.08. The molecule has 5 heteroatoms. The molecule has 0 radical (unpaired) electrons. The lowest BCUT2D eigenvalue weighted by molar-refractivity contribution is 0.0777. The number of aromatic nitrogens is 2. The van der Waals surface area contributed by atoms with E-state index in [-0.39, 0.29) is 5.91 Å². The number of nitrogens with one attached hydrogen (secondary N) is 1. The lowest BCUT2D eigenvalue weighted by atomic mass is 10.1. The lowest BCUT2D eigenvalue weighted by Crippen LogP contribution is -2.33. The number of carbonyl (C=O) groups is 1. The molecule has 0 saturated carbocycles. The zero-order valence-corrected chi connectivity index (χ0v) is 8.53. The molecule has 0 spiro atoms. The van der Waals surface area contributed by atoms with E-state index in [1.807, 2.05) is 6.92 Å². The molecule has 1 atom stereocenters. The monoisotopic (exact) mass is 196 g/mol. The van der Waals surface area contributed by atoms with Crippen molar-refractivity contribution in [2.45, 2.75) is 6.92 Å². The minimum atomic E-state index is -0.0287. The first kappa shape index (κ1) is 10.7. The standard InChI is InChI=1S/C9H16N4O/c1-7(3-10)6-13(2)9(14)8-4-11-12-5-8/h4-5,7H,3,6,10H2,1-2H3,(H,11,12). The van der Waals surface area contributed by atoms with Crippen LogP contribution in [0.25, 0.3) is 0 Å². The number of amides is 1. The summed E-state index contributed by atoms with van der Waals surface area (Å²) in [5.41, 5.74) is 6.06. The van der Waals surface area contributed by atoms with Crippen molar-refractivity contribution in [2.75, 3.05) is 20.1 Å². The summed E-state index contributed by atoms with van der Waals surface area (Å²) < 4.78 is 0. The highest BCUT2D eigenvalue weighted by molar-refractivity contribution is 5.93. The highest BCUT2D eigenvalue weighted by Crippen LogP contribution is 2.02. The number of nitrogens with zero attached hydrogens (tertiary/aromatic N) is 2. The average Bonchev–Trinajstić information content (AvgIpc) is 2.69. The molecule has 0 aliphatic heterocycles. The molecule has 0 bridgehead atoms. The summed E-state index contributed by atoms with van der Waals surface area (Å²) >= 11 is 0. The van der Waals surface area contributed by atoms with Crippen LogP contribution in [0.5, 0.6) is 0 Å². The SMILES string of the molecule is CC(CN)CN(C)C(=O)c1cn[nH]c1. The van der Waals surface area contributed by atoms with E-state index in [1.165, 1.54) is 6.20 Å². The quantitative estimate of drug-likeness (QED) is 0.716. The van der Waals surface area contributed by atoms with Crippen LogP contribution in [0.1, 0.15) is 17.3 Å². The van der Waals surface area contributed by atoms with Crippen molar-refractivity contribution < 1.29 is 4.79 Å². The van der Waals surface area contributed by atoms with Crippen LogP contribution in [-0.2, 0) is 0 Å². The predicted molar refractivity (Wildman–Crippen MR) is 53.8 cm³/mol. The molecular weight excluding hydrogens is 180 g/mol. The van der Waals surface area contributed by atoms with Crippen molar-refractivity contribution in [2.24, 2.45) is 11.7 Å². The van der Waals surface area contributed by atoms with Gasteiger partial charge in [0.1, 0.15) is 0 Å². The van der Waals surface area contributed by atoms with Crippen LogP contribution in [0.2, 0.25) is 0 Å². The smallest absolute Gasteiger partial charge is 0.256 e. The number of hydrogen-bond acceptors (Lipinski definition) is 3. The van der Waals surface area contributed by atoms with Gasteiger partial charge in [0.05, 0.1) is 11.8 Å². The summed E-state index contributed by atoms with van der Waals surface area (Å²) in [4.78, 5) is 13.3. The van der Waals surface area contributed by atoms with E-state index in [4.69, 9.17) is 5.73 Å². The highest BCUT2D eigenvalue weighted by Gasteiger charge is 2.14. The molecule has 1 aromatic rings.